The second-order valence-electron chi connectivity index (χ2n) is 5.21. The van der Waals surface area contributed by atoms with Crippen LogP contribution in [0.2, 0.25) is 5.02 Å². The number of rotatable bonds is 3. The lowest BCUT2D eigenvalue weighted by molar-refractivity contribution is -0.155. The Morgan fingerprint density at radius 1 is 1.47 bits per heavy atom. The van der Waals surface area contributed by atoms with Crippen LogP contribution in [0.5, 0.6) is 0 Å². The molecule has 0 aliphatic rings. The molecule has 0 saturated carbocycles. The third kappa shape index (κ3) is 4.80. The molecule has 0 spiro atoms. The van der Waals surface area contributed by atoms with Gasteiger partial charge in [0.1, 0.15) is 11.6 Å². The number of nitrogens with one attached hydrogen (secondary N) is 1. The van der Waals surface area contributed by atoms with Gasteiger partial charge in [-0.15, -0.1) is 0 Å². The third-order valence-corrected chi connectivity index (χ3v) is 2.56. The van der Waals surface area contributed by atoms with Crippen molar-refractivity contribution < 1.29 is 9.53 Å². The highest BCUT2D eigenvalue weighted by molar-refractivity contribution is 6.33. The SMILES string of the molecule is CC(Nc1cc(C#N)ccc1Cl)C(=O)OC(C)(C)C. The van der Waals surface area contributed by atoms with Crippen molar-refractivity contribution in [2.75, 3.05) is 5.32 Å². The summed E-state index contributed by atoms with van der Waals surface area (Å²) in [5, 5.41) is 12.2. The maximum atomic E-state index is 11.8. The number of carbonyl (C=O) groups is 1. The van der Waals surface area contributed by atoms with Crippen molar-refractivity contribution in [2.45, 2.75) is 39.3 Å². The van der Waals surface area contributed by atoms with Gasteiger partial charge in [-0.1, -0.05) is 11.6 Å². The summed E-state index contributed by atoms with van der Waals surface area (Å²) in [6.07, 6.45) is 0. The van der Waals surface area contributed by atoms with Crippen molar-refractivity contribution in [3.05, 3.63) is 28.8 Å². The van der Waals surface area contributed by atoms with Crippen LogP contribution in [-0.2, 0) is 9.53 Å². The number of hydrogen-bond donors (Lipinski definition) is 1. The molecule has 1 aromatic rings. The number of nitriles is 1. The summed E-state index contributed by atoms with van der Waals surface area (Å²) in [7, 11) is 0. The van der Waals surface area contributed by atoms with Gasteiger partial charge in [0.15, 0.2) is 0 Å². The first kappa shape index (κ1) is 15.3. The summed E-state index contributed by atoms with van der Waals surface area (Å²) in [5.74, 6) is -0.370. The quantitative estimate of drug-likeness (QED) is 0.863. The van der Waals surface area contributed by atoms with Gasteiger partial charge < -0.3 is 10.1 Å². The Hall–Kier alpha value is -1.73. The molecule has 0 aliphatic carbocycles. The lowest BCUT2D eigenvalue weighted by atomic mass is 10.2. The molecule has 1 rings (SSSR count). The van der Waals surface area contributed by atoms with Crippen LogP contribution in [0.4, 0.5) is 5.69 Å². The second kappa shape index (κ2) is 5.94. The van der Waals surface area contributed by atoms with E-state index in [4.69, 9.17) is 21.6 Å². The first-order chi connectivity index (χ1) is 8.73. The van der Waals surface area contributed by atoms with E-state index < -0.39 is 11.6 Å². The standard InChI is InChI=1S/C14H17ClN2O2/c1-9(13(18)19-14(2,3)4)17-12-7-10(8-16)5-6-11(12)15/h5-7,9,17H,1-4H3. The number of carbonyl (C=O) groups excluding carboxylic acids is 1. The molecule has 102 valence electrons. The molecule has 0 bridgehead atoms. The van der Waals surface area contributed by atoms with Crippen molar-refractivity contribution in [2.24, 2.45) is 0 Å². The Bertz CT molecular complexity index is 515. The van der Waals surface area contributed by atoms with E-state index in [1.807, 2.05) is 6.07 Å². The second-order valence-corrected chi connectivity index (χ2v) is 5.61. The van der Waals surface area contributed by atoms with Crippen molar-refractivity contribution in [3.63, 3.8) is 0 Å². The number of hydrogen-bond acceptors (Lipinski definition) is 4. The molecule has 0 aromatic heterocycles. The molecular weight excluding hydrogens is 264 g/mol. The Labute approximate surface area is 118 Å². The van der Waals surface area contributed by atoms with Crippen molar-refractivity contribution >= 4 is 23.3 Å². The number of ether oxygens (including phenoxy) is 1. The summed E-state index contributed by atoms with van der Waals surface area (Å²) in [4.78, 5) is 11.8. The minimum Gasteiger partial charge on any atom is -0.458 e. The van der Waals surface area contributed by atoms with Crippen LogP contribution >= 0.6 is 11.6 Å². The van der Waals surface area contributed by atoms with Gasteiger partial charge in [-0.2, -0.15) is 5.26 Å². The predicted octanol–water partition coefficient (Wildman–Crippen LogP) is 3.35. The van der Waals surface area contributed by atoms with E-state index in [1.54, 1.807) is 45.9 Å². The fraction of sp³-hybridized carbons (Fsp3) is 0.429. The molecule has 0 saturated heterocycles. The number of halogens is 1. The molecule has 0 radical (unpaired) electrons. The molecule has 0 amide bonds. The zero-order chi connectivity index (χ0) is 14.6. The van der Waals surface area contributed by atoms with E-state index in [0.717, 1.165) is 0 Å². The van der Waals surface area contributed by atoms with Crippen LogP contribution in [0.15, 0.2) is 18.2 Å². The van der Waals surface area contributed by atoms with Gasteiger partial charge in [0.05, 0.1) is 22.3 Å². The Morgan fingerprint density at radius 3 is 2.63 bits per heavy atom. The molecule has 0 fully saturated rings. The molecule has 4 nitrogen and oxygen atoms in total. The van der Waals surface area contributed by atoms with Crippen molar-refractivity contribution in [1.82, 2.24) is 0 Å². The van der Waals surface area contributed by atoms with Crippen LogP contribution in [0.1, 0.15) is 33.3 Å². The van der Waals surface area contributed by atoms with Crippen molar-refractivity contribution in [3.8, 4) is 6.07 Å². The molecule has 0 aliphatic heterocycles. The van der Waals surface area contributed by atoms with E-state index in [1.165, 1.54) is 0 Å². The Balaban J connectivity index is 2.80. The lowest BCUT2D eigenvalue weighted by Crippen LogP contribution is -2.34. The monoisotopic (exact) mass is 280 g/mol. The predicted molar refractivity (Wildman–Crippen MR) is 75.1 cm³/mol. The number of benzene rings is 1. The summed E-state index contributed by atoms with van der Waals surface area (Å²) < 4.78 is 5.26. The summed E-state index contributed by atoms with van der Waals surface area (Å²) in [5.41, 5.74) is 0.480. The number of nitrogens with zero attached hydrogens (tertiary/aromatic N) is 1. The zero-order valence-electron chi connectivity index (χ0n) is 11.5. The van der Waals surface area contributed by atoms with E-state index in [0.29, 0.717) is 16.3 Å². The van der Waals surface area contributed by atoms with E-state index in [-0.39, 0.29) is 5.97 Å². The van der Waals surface area contributed by atoms with Gasteiger partial charge in [-0.25, -0.2) is 4.79 Å². The van der Waals surface area contributed by atoms with E-state index >= 15 is 0 Å². The van der Waals surface area contributed by atoms with Gasteiger partial charge in [0, 0.05) is 0 Å². The van der Waals surface area contributed by atoms with Gasteiger partial charge in [-0.05, 0) is 45.9 Å². The van der Waals surface area contributed by atoms with Gasteiger partial charge in [-0.3, -0.25) is 0 Å². The van der Waals surface area contributed by atoms with Crippen LogP contribution in [0, 0.1) is 11.3 Å². The molecule has 1 atom stereocenters. The summed E-state index contributed by atoms with van der Waals surface area (Å²) in [6.45, 7) is 7.10. The average molecular weight is 281 g/mol. The minimum absolute atomic E-state index is 0.370. The topological polar surface area (TPSA) is 62.1 Å². The first-order valence-electron chi connectivity index (χ1n) is 5.92. The molecule has 5 heteroatoms. The van der Waals surface area contributed by atoms with Gasteiger partial charge in [0.25, 0.3) is 0 Å². The third-order valence-electron chi connectivity index (χ3n) is 2.23. The minimum atomic E-state index is -0.550. The highest BCUT2D eigenvalue weighted by Gasteiger charge is 2.22. The Morgan fingerprint density at radius 2 is 2.11 bits per heavy atom. The molecular formula is C14H17ClN2O2. The maximum absolute atomic E-state index is 11.8. The van der Waals surface area contributed by atoms with Gasteiger partial charge >= 0.3 is 5.97 Å². The highest BCUT2D eigenvalue weighted by atomic mass is 35.5. The summed E-state index contributed by atoms with van der Waals surface area (Å²) >= 11 is 6.01. The van der Waals surface area contributed by atoms with Gasteiger partial charge in [0.2, 0.25) is 0 Å². The lowest BCUT2D eigenvalue weighted by Gasteiger charge is -2.23. The number of anilines is 1. The van der Waals surface area contributed by atoms with Crippen LogP contribution in [0.3, 0.4) is 0 Å². The molecule has 1 N–H and O–H groups in total. The normalized spacial score (nSPS) is 12.4. The van der Waals surface area contributed by atoms with Crippen LogP contribution in [0.25, 0.3) is 0 Å². The summed E-state index contributed by atoms with van der Waals surface area (Å²) in [6, 6.07) is 6.30. The van der Waals surface area contributed by atoms with E-state index in [2.05, 4.69) is 5.32 Å². The fourth-order valence-corrected chi connectivity index (χ4v) is 1.56. The molecule has 0 heterocycles. The highest BCUT2D eigenvalue weighted by Crippen LogP contribution is 2.24. The largest absolute Gasteiger partial charge is 0.458 e. The average Bonchev–Trinajstić information content (AvgIpc) is 2.29. The van der Waals surface area contributed by atoms with E-state index in [9.17, 15) is 4.79 Å². The van der Waals surface area contributed by atoms with Crippen molar-refractivity contribution in [1.29, 1.82) is 5.26 Å². The van der Waals surface area contributed by atoms with Crippen LogP contribution < -0.4 is 5.32 Å². The van der Waals surface area contributed by atoms with Crippen LogP contribution in [-0.4, -0.2) is 17.6 Å². The smallest absolute Gasteiger partial charge is 0.328 e. The zero-order valence-corrected chi connectivity index (χ0v) is 12.2. The maximum Gasteiger partial charge on any atom is 0.328 e. The molecule has 1 unspecified atom stereocenters. The number of esters is 1. The fourth-order valence-electron chi connectivity index (χ4n) is 1.39. The molecule has 19 heavy (non-hydrogen) atoms. The molecule has 1 aromatic carbocycles. The first-order valence-corrected chi connectivity index (χ1v) is 6.30. The Kier molecular flexibility index (Phi) is 4.79.